The van der Waals surface area contributed by atoms with E-state index >= 15 is 0 Å². The van der Waals surface area contributed by atoms with Gasteiger partial charge in [-0.2, -0.15) is 5.10 Å². The summed E-state index contributed by atoms with van der Waals surface area (Å²) in [6.07, 6.45) is 0. The standard InChI is InChI=1S/C16H20N2O2/c1-10-7-6-8-14(9-10)18-13(4)15(12(3)17-18)11(2)16(19)20-5/h6-9,11H,1-5H3. The predicted molar refractivity (Wildman–Crippen MR) is 78.2 cm³/mol. The lowest BCUT2D eigenvalue weighted by Gasteiger charge is -2.10. The van der Waals surface area contributed by atoms with E-state index in [0.29, 0.717) is 0 Å². The van der Waals surface area contributed by atoms with Gasteiger partial charge in [-0.05, 0) is 45.4 Å². The molecule has 0 amide bonds. The number of methoxy groups -OCH3 is 1. The maximum absolute atomic E-state index is 11.8. The number of hydrogen-bond acceptors (Lipinski definition) is 3. The van der Waals surface area contributed by atoms with Gasteiger partial charge in [0.1, 0.15) is 0 Å². The first-order valence-electron chi connectivity index (χ1n) is 6.66. The monoisotopic (exact) mass is 272 g/mol. The first kappa shape index (κ1) is 14.3. The summed E-state index contributed by atoms with van der Waals surface area (Å²) in [5.41, 5.74) is 4.97. The number of aromatic nitrogens is 2. The molecule has 1 unspecified atom stereocenters. The number of esters is 1. The average molecular weight is 272 g/mol. The van der Waals surface area contributed by atoms with Crippen molar-refractivity contribution in [1.82, 2.24) is 9.78 Å². The molecule has 1 aromatic heterocycles. The van der Waals surface area contributed by atoms with Crippen LogP contribution in [0.15, 0.2) is 24.3 Å². The van der Waals surface area contributed by atoms with Crippen molar-refractivity contribution in [1.29, 1.82) is 0 Å². The Bertz CT molecular complexity index is 644. The molecule has 0 aliphatic rings. The Hall–Kier alpha value is -2.10. The van der Waals surface area contributed by atoms with Crippen LogP contribution in [0.1, 0.15) is 35.4 Å². The molecule has 0 radical (unpaired) electrons. The molecule has 4 nitrogen and oxygen atoms in total. The zero-order valence-electron chi connectivity index (χ0n) is 12.6. The van der Waals surface area contributed by atoms with Crippen molar-refractivity contribution >= 4 is 5.97 Å². The fourth-order valence-corrected chi connectivity index (χ4v) is 2.59. The predicted octanol–water partition coefficient (Wildman–Crippen LogP) is 3.07. The largest absolute Gasteiger partial charge is 0.469 e. The lowest BCUT2D eigenvalue weighted by atomic mass is 9.99. The molecule has 0 aliphatic carbocycles. The van der Waals surface area contributed by atoms with Gasteiger partial charge in [-0.25, -0.2) is 4.68 Å². The Morgan fingerprint density at radius 3 is 2.60 bits per heavy atom. The van der Waals surface area contributed by atoms with Gasteiger partial charge in [0.05, 0.1) is 24.4 Å². The Kier molecular flexibility index (Phi) is 3.93. The topological polar surface area (TPSA) is 44.1 Å². The van der Waals surface area contributed by atoms with Crippen LogP contribution in [-0.2, 0) is 9.53 Å². The molecule has 0 spiro atoms. The first-order valence-corrected chi connectivity index (χ1v) is 6.66. The smallest absolute Gasteiger partial charge is 0.312 e. The summed E-state index contributed by atoms with van der Waals surface area (Å²) < 4.78 is 6.72. The fraction of sp³-hybridized carbons (Fsp3) is 0.375. The van der Waals surface area contributed by atoms with Gasteiger partial charge in [0.2, 0.25) is 0 Å². The van der Waals surface area contributed by atoms with E-state index in [1.54, 1.807) is 0 Å². The molecule has 0 fully saturated rings. The van der Waals surface area contributed by atoms with Crippen molar-refractivity contribution < 1.29 is 9.53 Å². The van der Waals surface area contributed by atoms with Crippen LogP contribution >= 0.6 is 0 Å². The Morgan fingerprint density at radius 2 is 2.00 bits per heavy atom. The SMILES string of the molecule is COC(=O)C(C)c1c(C)nn(-c2cccc(C)c2)c1C. The summed E-state index contributed by atoms with van der Waals surface area (Å²) >= 11 is 0. The molecular weight excluding hydrogens is 252 g/mol. The average Bonchev–Trinajstić information content (AvgIpc) is 2.72. The van der Waals surface area contributed by atoms with Crippen molar-refractivity contribution in [3.8, 4) is 5.69 Å². The number of ether oxygens (including phenoxy) is 1. The number of rotatable bonds is 3. The van der Waals surface area contributed by atoms with Crippen molar-refractivity contribution in [3.63, 3.8) is 0 Å². The molecule has 0 N–H and O–H groups in total. The lowest BCUT2D eigenvalue weighted by Crippen LogP contribution is -2.12. The molecule has 20 heavy (non-hydrogen) atoms. The van der Waals surface area contributed by atoms with Crippen LogP contribution in [-0.4, -0.2) is 22.9 Å². The maximum Gasteiger partial charge on any atom is 0.312 e. The van der Waals surface area contributed by atoms with Gasteiger partial charge in [-0.1, -0.05) is 12.1 Å². The molecule has 106 valence electrons. The third-order valence-corrected chi connectivity index (χ3v) is 3.58. The minimum atomic E-state index is -0.307. The molecule has 0 bridgehead atoms. The van der Waals surface area contributed by atoms with E-state index in [4.69, 9.17) is 4.74 Å². The molecule has 4 heteroatoms. The van der Waals surface area contributed by atoms with E-state index < -0.39 is 0 Å². The van der Waals surface area contributed by atoms with Gasteiger partial charge in [-0.3, -0.25) is 4.79 Å². The van der Waals surface area contributed by atoms with Crippen molar-refractivity contribution in [2.24, 2.45) is 0 Å². The number of benzene rings is 1. The Morgan fingerprint density at radius 1 is 1.30 bits per heavy atom. The van der Waals surface area contributed by atoms with Crippen LogP contribution in [0.5, 0.6) is 0 Å². The summed E-state index contributed by atoms with van der Waals surface area (Å²) in [6, 6.07) is 8.14. The van der Waals surface area contributed by atoms with Crippen LogP contribution in [0, 0.1) is 20.8 Å². The number of aryl methyl sites for hydroxylation is 2. The third kappa shape index (κ3) is 2.46. The zero-order valence-corrected chi connectivity index (χ0v) is 12.6. The Balaban J connectivity index is 2.51. The second-order valence-corrected chi connectivity index (χ2v) is 5.08. The summed E-state index contributed by atoms with van der Waals surface area (Å²) in [5.74, 6) is -0.543. The van der Waals surface area contributed by atoms with E-state index in [1.807, 2.05) is 50.6 Å². The highest BCUT2D eigenvalue weighted by Gasteiger charge is 2.24. The third-order valence-electron chi connectivity index (χ3n) is 3.58. The van der Waals surface area contributed by atoms with Gasteiger partial charge in [0.15, 0.2) is 0 Å². The van der Waals surface area contributed by atoms with Crippen LogP contribution in [0.2, 0.25) is 0 Å². The molecule has 1 aromatic carbocycles. The van der Waals surface area contributed by atoms with Crippen LogP contribution < -0.4 is 0 Å². The van der Waals surface area contributed by atoms with Crippen molar-refractivity contribution in [2.75, 3.05) is 7.11 Å². The number of carbonyl (C=O) groups is 1. The molecule has 1 atom stereocenters. The van der Waals surface area contributed by atoms with Crippen LogP contribution in [0.3, 0.4) is 0 Å². The minimum absolute atomic E-state index is 0.236. The summed E-state index contributed by atoms with van der Waals surface area (Å²) in [5, 5.41) is 4.57. The molecule has 0 saturated carbocycles. The molecule has 1 heterocycles. The van der Waals surface area contributed by atoms with Crippen LogP contribution in [0.25, 0.3) is 5.69 Å². The fourth-order valence-electron chi connectivity index (χ4n) is 2.59. The Labute approximate surface area is 119 Å². The lowest BCUT2D eigenvalue weighted by molar-refractivity contribution is -0.142. The number of nitrogens with zero attached hydrogens (tertiary/aromatic N) is 2. The van der Waals surface area contributed by atoms with Gasteiger partial charge in [0.25, 0.3) is 0 Å². The molecule has 0 aliphatic heterocycles. The van der Waals surface area contributed by atoms with Crippen molar-refractivity contribution in [3.05, 3.63) is 46.8 Å². The highest BCUT2D eigenvalue weighted by atomic mass is 16.5. The summed E-state index contributed by atoms with van der Waals surface area (Å²) in [4.78, 5) is 11.8. The molecular formula is C16H20N2O2. The second-order valence-electron chi connectivity index (χ2n) is 5.08. The van der Waals surface area contributed by atoms with E-state index in [-0.39, 0.29) is 11.9 Å². The summed E-state index contributed by atoms with van der Waals surface area (Å²) in [7, 11) is 1.41. The molecule has 2 rings (SSSR count). The van der Waals surface area contributed by atoms with E-state index in [9.17, 15) is 4.79 Å². The minimum Gasteiger partial charge on any atom is -0.469 e. The first-order chi connectivity index (χ1) is 9.45. The molecule has 0 saturated heterocycles. The van der Waals surface area contributed by atoms with Crippen molar-refractivity contribution in [2.45, 2.75) is 33.6 Å². The van der Waals surface area contributed by atoms with Gasteiger partial charge < -0.3 is 4.74 Å². The number of carbonyl (C=O) groups excluding carboxylic acids is 1. The number of hydrogen-bond donors (Lipinski definition) is 0. The van der Waals surface area contributed by atoms with Crippen LogP contribution in [0.4, 0.5) is 0 Å². The quantitative estimate of drug-likeness (QED) is 0.807. The van der Waals surface area contributed by atoms with E-state index in [1.165, 1.54) is 12.7 Å². The molecule has 2 aromatic rings. The van der Waals surface area contributed by atoms with E-state index in [2.05, 4.69) is 11.2 Å². The maximum atomic E-state index is 11.8. The second kappa shape index (κ2) is 5.49. The summed E-state index contributed by atoms with van der Waals surface area (Å²) in [6.45, 7) is 7.81. The zero-order chi connectivity index (χ0) is 14.9. The van der Waals surface area contributed by atoms with Gasteiger partial charge in [-0.15, -0.1) is 0 Å². The van der Waals surface area contributed by atoms with Gasteiger partial charge in [0, 0.05) is 11.3 Å². The highest BCUT2D eigenvalue weighted by Crippen LogP contribution is 2.26. The normalized spacial score (nSPS) is 12.2. The van der Waals surface area contributed by atoms with E-state index in [0.717, 1.165) is 22.6 Å². The van der Waals surface area contributed by atoms with Gasteiger partial charge >= 0.3 is 5.97 Å². The highest BCUT2D eigenvalue weighted by molar-refractivity contribution is 5.78.